The minimum absolute atomic E-state index is 0.0207. The molecule has 2 amide bonds. The standard InChI is InChI=1S/C18H16ClF3N4O3/c19-12-9-11(18(20,21)22)3-4-14(12)29-8-7-23-16(28)13-5-6-24-17(25-13)26-15(27)10-1-2-10/h3-6,9-10H,1-2,7-8H2,(H,23,28)(H,24,25,26,27). The molecule has 0 saturated heterocycles. The Morgan fingerprint density at radius 1 is 1.24 bits per heavy atom. The van der Waals surface area contributed by atoms with Crippen LogP contribution in [-0.2, 0) is 11.0 Å². The minimum atomic E-state index is -4.50. The monoisotopic (exact) mass is 428 g/mol. The lowest BCUT2D eigenvalue weighted by atomic mass is 10.2. The van der Waals surface area contributed by atoms with Crippen LogP contribution in [0.5, 0.6) is 5.75 Å². The van der Waals surface area contributed by atoms with Gasteiger partial charge in [0.05, 0.1) is 17.1 Å². The number of alkyl halides is 3. The maximum absolute atomic E-state index is 12.6. The summed E-state index contributed by atoms with van der Waals surface area (Å²) in [5.74, 6) is -0.602. The Hall–Kier alpha value is -2.88. The van der Waals surface area contributed by atoms with E-state index in [1.165, 1.54) is 12.3 Å². The molecule has 1 aromatic carbocycles. The molecular weight excluding hydrogens is 413 g/mol. The first-order valence-corrected chi connectivity index (χ1v) is 9.03. The van der Waals surface area contributed by atoms with Crippen LogP contribution in [0.4, 0.5) is 19.1 Å². The Kier molecular flexibility index (Phi) is 6.21. The van der Waals surface area contributed by atoms with Gasteiger partial charge in [-0.05, 0) is 37.1 Å². The molecule has 11 heteroatoms. The number of carbonyl (C=O) groups excluding carboxylic acids is 2. The first-order valence-electron chi connectivity index (χ1n) is 8.65. The third-order valence-electron chi connectivity index (χ3n) is 3.98. The molecule has 2 N–H and O–H groups in total. The second kappa shape index (κ2) is 8.64. The number of halogens is 4. The number of ether oxygens (including phenoxy) is 1. The van der Waals surface area contributed by atoms with Gasteiger partial charge in [-0.3, -0.25) is 14.9 Å². The molecule has 0 unspecified atom stereocenters. The summed E-state index contributed by atoms with van der Waals surface area (Å²) >= 11 is 5.79. The van der Waals surface area contributed by atoms with Gasteiger partial charge in [-0.15, -0.1) is 0 Å². The number of hydrogen-bond donors (Lipinski definition) is 2. The molecule has 0 atom stereocenters. The Balaban J connectivity index is 1.48. The van der Waals surface area contributed by atoms with Crippen LogP contribution in [0.1, 0.15) is 28.9 Å². The SMILES string of the molecule is O=C(NCCOc1ccc(C(F)(F)F)cc1Cl)c1ccnc(NC(=O)C2CC2)n1. The van der Waals surface area contributed by atoms with Gasteiger partial charge in [0, 0.05) is 12.1 Å². The number of aromatic nitrogens is 2. The predicted octanol–water partition coefficient (Wildman–Crippen LogP) is 3.31. The molecule has 0 bridgehead atoms. The average molecular weight is 429 g/mol. The van der Waals surface area contributed by atoms with Crippen molar-refractivity contribution < 1.29 is 27.5 Å². The third kappa shape index (κ3) is 5.80. The number of amides is 2. The van der Waals surface area contributed by atoms with Crippen molar-refractivity contribution >= 4 is 29.4 Å². The van der Waals surface area contributed by atoms with Crippen molar-refractivity contribution in [1.29, 1.82) is 0 Å². The van der Waals surface area contributed by atoms with Crippen molar-refractivity contribution in [2.75, 3.05) is 18.5 Å². The molecule has 0 aliphatic heterocycles. The number of nitrogens with one attached hydrogen (secondary N) is 2. The van der Waals surface area contributed by atoms with E-state index < -0.39 is 17.6 Å². The van der Waals surface area contributed by atoms with Crippen LogP contribution in [0.3, 0.4) is 0 Å². The molecule has 1 saturated carbocycles. The largest absolute Gasteiger partial charge is 0.490 e. The number of carbonyl (C=O) groups is 2. The second-order valence-corrected chi connectivity index (χ2v) is 6.68. The molecule has 29 heavy (non-hydrogen) atoms. The molecule has 3 rings (SSSR count). The quantitative estimate of drug-likeness (QED) is 0.660. The molecule has 2 aromatic rings. The van der Waals surface area contributed by atoms with Crippen molar-refractivity contribution in [1.82, 2.24) is 15.3 Å². The van der Waals surface area contributed by atoms with Gasteiger partial charge in [0.15, 0.2) is 0 Å². The van der Waals surface area contributed by atoms with E-state index in [4.69, 9.17) is 16.3 Å². The lowest BCUT2D eigenvalue weighted by molar-refractivity contribution is -0.137. The van der Waals surface area contributed by atoms with E-state index in [0.717, 1.165) is 31.0 Å². The van der Waals surface area contributed by atoms with Crippen LogP contribution in [-0.4, -0.2) is 34.9 Å². The Labute approximate surface area is 168 Å². The normalized spacial score (nSPS) is 13.7. The van der Waals surface area contributed by atoms with Crippen molar-refractivity contribution in [2.45, 2.75) is 19.0 Å². The van der Waals surface area contributed by atoms with E-state index in [-0.39, 0.29) is 47.4 Å². The molecular formula is C18H16ClF3N4O3. The fourth-order valence-electron chi connectivity index (χ4n) is 2.31. The zero-order valence-corrected chi connectivity index (χ0v) is 15.7. The lowest BCUT2D eigenvalue weighted by Crippen LogP contribution is -2.29. The number of rotatable bonds is 7. The zero-order chi connectivity index (χ0) is 21.0. The Morgan fingerprint density at radius 2 is 2.00 bits per heavy atom. The maximum atomic E-state index is 12.6. The highest BCUT2D eigenvalue weighted by atomic mass is 35.5. The van der Waals surface area contributed by atoms with Gasteiger partial charge < -0.3 is 10.1 Å². The maximum Gasteiger partial charge on any atom is 0.416 e. The van der Waals surface area contributed by atoms with Gasteiger partial charge in [-0.1, -0.05) is 11.6 Å². The van der Waals surface area contributed by atoms with E-state index in [1.807, 2.05) is 0 Å². The van der Waals surface area contributed by atoms with Crippen LogP contribution in [0.25, 0.3) is 0 Å². The van der Waals surface area contributed by atoms with E-state index >= 15 is 0 Å². The Bertz CT molecular complexity index is 919. The molecule has 1 heterocycles. The van der Waals surface area contributed by atoms with E-state index in [1.54, 1.807) is 0 Å². The fourth-order valence-corrected chi connectivity index (χ4v) is 2.55. The summed E-state index contributed by atoms with van der Waals surface area (Å²) in [5, 5.41) is 4.92. The van der Waals surface area contributed by atoms with E-state index in [0.29, 0.717) is 0 Å². The Morgan fingerprint density at radius 3 is 2.66 bits per heavy atom. The van der Waals surface area contributed by atoms with Crippen molar-refractivity contribution in [3.63, 3.8) is 0 Å². The number of hydrogen-bond acceptors (Lipinski definition) is 5. The van der Waals surface area contributed by atoms with E-state index in [2.05, 4.69) is 20.6 Å². The zero-order valence-electron chi connectivity index (χ0n) is 14.9. The highest BCUT2D eigenvalue weighted by Gasteiger charge is 2.31. The summed E-state index contributed by atoms with van der Waals surface area (Å²) in [5.41, 5.74) is -0.824. The highest BCUT2D eigenvalue weighted by Crippen LogP contribution is 2.34. The van der Waals surface area contributed by atoms with Crippen LogP contribution >= 0.6 is 11.6 Å². The van der Waals surface area contributed by atoms with Crippen LogP contribution in [0.15, 0.2) is 30.5 Å². The number of anilines is 1. The van der Waals surface area contributed by atoms with Gasteiger partial charge >= 0.3 is 6.18 Å². The summed E-state index contributed by atoms with van der Waals surface area (Å²) < 4.78 is 43.1. The summed E-state index contributed by atoms with van der Waals surface area (Å²) in [6, 6.07) is 4.13. The lowest BCUT2D eigenvalue weighted by Gasteiger charge is -2.12. The van der Waals surface area contributed by atoms with Gasteiger partial charge in [-0.2, -0.15) is 13.2 Å². The number of benzene rings is 1. The van der Waals surface area contributed by atoms with Crippen molar-refractivity contribution in [3.05, 3.63) is 46.7 Å². The van der Waals surface area contributed by atoms with Crippen LogP contribution < -0.4 is 15.4 Å². The van der Waals surface area contributed by atoms with Crippen molar-refractivity contribution in [3.8, 4) is 5.75 Å². The minimum Gasteiger partial charge on any atom is -0.490 e. The topological polar surface area (TPSA) is 93.2 Å². The highest BCUT2D eigenvalue weighted by molar-refractivity contribution is 6.32. The molecule has 7 nitrogen and oxygen atoms in total. The third-order valence-corrected chi connectivity index (χ3v) is 4.27. The average Bonchev–Trinajstić information content (AvgIpc) is 3.51. The van der Waals surface area contributed by atoms with Gasteiger partial charge in [-0.25, -0.2) is 9.97 Å². The molecule has 1 fully saturated rings. The summed E-state index contributed by atoms with van der Waals surface area (Å²) in [4.78, 5) is 31.7. The molecule has 1 aliphatic rings. The van der Waals surface area contributed by atoms with Gasteiger partial charge in [0.1, 0.15) is 18.1 Å². The first-order chi connectivity index (χ1) is 13.7. The van der Waals surface area contributed by atoms with Crippen molar-refractivity contribution in [2.24, 2.45) is 5.92 Å². The molecule has 154 valence electrons. The van der Waals surface area contributed by atoms with E-state index in [9.17, 15) is 22.8 Å². The smallest absolute Gasteiger partial charge is 0.416 e. The molecule has 1 aliphatic carbocycles. The predicted molar refractivity (Wildman–Crippen MR) is 97.7 cm³/mol. The summed E-state index contributed by atoms with van der Waals surface area (Å²) in [7, 11) is 0. The van der Waals surface area contributed by atoms with Gasteiger partial charge in [0.2, 0.25) is 11.9 Å². The fraction of sp³-hybridized carbons (Fsp3) is 0.333. The van der Waals surface area contributed by atoms with Crippen LogP contribution in [0.2, 0.25) is 5.02 Å². The first kappa shape index (κ1) is 20.8. The second-order valence-electron chi connectivity index (χ2n) is 6.28. The summed E-state index contributed by atoms with van der Waals surface area (Å²) in [6.45, 7) is 0.0388. The molecule has 0 radical (unpaired) electrons. The summed E-state index contributed by atoms with van der Waals surface area (Å²) in [6.07, 6.45) is -1.49. The van der Waals surface area contributed by atoms with Crippen LogP contribution in [0, 0.1) is 5.92 Å². The molecule has 0 spiro atoms. The number of nitrogens with zero attached hydrogens (tertiary/aromatic N) is 2. The molecule has 1 aromatic heterocycles. The van der Waals surface area contributed by atoms with Gasteiger partial charge in [0.25, 0.3) is 5.91 Å².